The summed E-state index contributed by atoms with van der Waals surface area (Å²) < 4.78 is 5.46. The van der Waals surface area contributed by atoms with Crippen LogP contribution >= 0.6 is 0 Å². The third-order valence-electron chi connectivity index (χ3n) is 2.44. The van der Waals surface area contributed by atoms with Crippen LogP contribution in [0.5, 0.6) is 5.75 Å². The second-order valence-corrected chi connectivity index (χ2v) is 3.78. The minimum atomic E-state index is -0.493. The van der Waals surface area contributed by atoms with Gasteiger partial charge in [0.05, 0.1) is 7.11 Å². The topological polar surface area (TPSA) is 74.6 Å². The average molecular weight is 263 g/mol. The van der Waals surface area contributed by atoms with E-state index in [2.05, 4.69) is 11.4 Å². The van der Waals surface area contributed by atoms with Crippen molar-refractivity contribution < 1.29 is 14.4 Å². The Balaban J connectivity index is 2.72. The second kappa shape index (κ2) is 7.24. The van der Waals surface area contributed by atoms with E-state index < -0.39 is 12.1 Å². The maximum Gasteiger partial charge on any atom is 0.345 e. The van der Waals surface area contributed by atoms with Crippen LogP contribution in [0.1, 0.15) is 13.3 Å². The number of anilines is 1. The van der Waals surface area contributed by atoms with Gasteiger partial charge >= 0.3 is 6.03 Å². The molecule has 0 aliphatic rings. The molecule has 1 atom stereocenters. The van der Waals surface area contributed by atoms with Crippen LogP contribution in [0.3, 0.4) is 0 Å². The van der Waals surface area contributed by atoms with E-state index in [1.165, 1.54) is 14.2 Å². The normalized spacial score (nSPS) is 11.3. The Morgan fingerprint density at radius 2 is 2.32 bits per heavy atom. The van der Waals surface area contributed by atoms with Crippen LogP contribution < -0.4 is 10.1 Å². The molecule has 2 amide bonds. The lowest BCUT2D eigenvalue weighted by Crippen LogP contribution is -2.30. The molecule has 0 spiro atoms. The van der Waals surface area contributed by atoms with Crippen LogP contribution in [0.4, 0.5) is 10.5 Å². The monoisotopic (exact) mass is 263 g/mol. The number of nitrogens with one attached hydrogen (secondary N) is 1. The highest BCUT2D eigenvalue weighted by Gasteiger charge is 2.10. The van der Waals surface area contributed by atoms with Crippen molar-refractivity contribution in [1.82, 2.24) is 5.06 Å². The molecule has 1 aromatic carbocycles. The first kappa shape index (κ1) is 14.8. The molecule has 0 heterocycles. The van der Waals surface area contributed by atoms with E-state index in [4.69, 9.17) is 14.8 Å². The third-order valence-corrected chi connectivity index (χ3v) is 2.44. The number of hydrogen-bond donors (Lipinski definition) is 1. The number of ether oxygens (including phenoxy) is 1. The Labute approximate surface area is 112 Å². The fraction of sp³-hybridized carbons (Fsp3) is 0.385. The lowest BCUT2D eigenvalue weighted by Gasteiger charge is -2.15. The van der Waals surface area contributed by atoms with Gasteiger partial charge in [0.1, 0.15) is 11.8 Å². The number of rotatable bonds is 5. The van der Waals surface area contributed by atoms with Crippen LogP contribution in [-0.2, 0) is 4.84 Å². The Hall–Kier alpha value is -2.26. The fourth-order valence-electron chi connectivity index (χ4n) is 1.30. The van der Waals surface area contributed by atoms with Gasteiger partial charge in [0.25, 0.3) is 0 Å². The van der Waals surface area contributed by atoms with E-state index in [0.29, 0.717) is 17.9 Å². The number of nitriles is 1. The third kappa shape index (κ3) is 4.48. The van der Waals surface area contributed by atoms with Gasteiger partial charge < -0.3 is 10.1 Å². The molecule has 0 aliphatic carbocycles. The van der Waals surface area contributed by atoms with Gasteiger partial charge in [-0.3, -0.25) is 4.84 Å². The van der Waals surface area contributed by atoms with Gasteiger partial charge in [0.2, 0.25) is 0 Å². The molecular weight excluding hydrogens is 246 g/mol. The Morgan fingerprint density at radius 3 is 2.89 bits per heavy atom. The number of urea groups is 1. The number of hydroxylamine groups is 2. The highest BCUT2D eigenvalue weighted by molar-refractivity contribution is 5.88. The standard InChI is InChI=1S/C13H17N3O3/c1-4-11(9-14)19-12-7-5-6-10(8-12)15-13(17)16(2)18-3/h5-8,11H,4H2,1-3H3,(H,15,17). The van der Waals surface area contributed by atoms with E-state index >= 15 is 0 Å². The van der Waals surface area contributed by atoms with E-state index in [-0.39, 0.29) is 0 Å². The van der Waals surface area contributed by atoms with E-state index in [9.17, 15) is 4.79 Å². The average Bonchev–Trinajstić information content (AvgIpc) is 2.44. The summed E-state index contributed by atoms with van der Waals surface area (Å²) in [5, 5.41) is 12.5. The molecule has 1 aromatic rings. The molecule has 0 aliphatic heterocycles. The highest BCUT2D eigenvalue weighted by Crippen LogP contribution is 2.19. The summed E-state index contributed by atoms with van der Waals surface area (Å²) in [5.41, 5.74) is 0.569. The lowest BCUT2D eigenvalue weighted by atomic mass is 10.2. The molecule has 6 heteroatoms. The molecular formula is C13H17N3O3. The molecule has 1 rings (SSSR count). The number of carbonyl (C=O) groups is 1. The molecule has 1 unspecified atom stereocenters. The molecule has 1 N–H and O–H groups in total. The van der Waals surface area contributed by atoms with Gasteiger partial charge in [-0.1, -0.05) is 13.0 Å². The first-order valence-corrected chi connectivity index (χ1v) is 5.85. The number of benzene rings is 1. The van der Waals surface area contributed by atoms with Gasteiger partial charge in [-0.15, -0.1) is 0 Å². The van der Waals surface area contributed by atoms with E-state index in [0.717, 1.165) is 5.06 Å². The lowest BCUT2D eigenvalue weighted by molar-refractivity contribution is -0.0598. The van der Waals surface area contributed by atoms with E-state index in [1.807, 2.05) is 6.92 Å². The fourth-order valence-corrected chi connectivity index (χ4v) is 1.30. The SMILES string of the molecule is CCC(C#N)Oc1cccc(NC(=O)N(C)OC)c1. The molecule has 0 fully saturated rings. The van der Waals surface area contributed by atoms with Crippen molar-refractivity contribution >= 4 is 11.7 Å². The number of hydrogen-bond acceptors (Lipinski definition) is 4. The first-order valence-electron chi connectivity index (χ1n) is 5.85. The number of carbonyl (C=O) groups excluding carboxylic acids is 1. The maximum atomic E-state index is 11.6. The molecule has 0 radical (unpaired) electrons. The molecule has 102 valence electrons. The smallest absolute Gasteiger partial charge is 0.345 e. The van der Waals surface area contributed by atoms with Gasteiger partial charge in [-0.2, -0.15) is 5.26 Å². The molecule has 0 saturated carbocycles. The predicted molar refractivity (Wildman–Crippen MR) is 70.6 cm³/mol. The molecule has 19 heavy (non-hydrogen) atoms. The van der Waals surface area contributed by atoms with Crippen LogP contribution in [0.25, 0.3) is 0 Å². The van der Waals surface area contributed by atoms with Crippen molar-refractivity contribution in [2.24, 2.45) is 0 Å². The van der Waals surface area contributed by atoms with Crippen molar-refractivity contribution in [3.63, 3.8) is 0 Å². The number of nitrogens with zero attached hydrogens (tertiary/aromatic N) is 2. The summed E-state index contributed by atoms with van der Waals surface area (Å²) >= 11 is 0. The minimum absolute atomic E-state index is 0.396. The van der Waals surface area contributed by atoms with Gasteiger partial charge in [-0.25, -0.2) is 9.86 Å². The van der Waals surface area contributed by atoms with Gasteiger partial charge in [0, 0.05) is 18.8 Å². The highest BCUT2D eigenvalue weighted by atomic mass is 16.7. The summed E-state index contributed by atoms with van der Waals surface area (Å²) in [4.78, 5) is 16.3. The predicted octanol–water partition coefficient (Wildman–Crippen LogP) is 2.39. The van der Waals surface area contributed by atoms with Crippen LogP contribution in [-0.4, -0.2) is 31.4 Å². The van der Waals surface area contributed by atoms with Crippen molar-refractivity contribution in [2.45, 2.75) is 19.4 Å². The van der Waals surface area contributed by atoms with E-state index in [1.54, 1.807) is 24.3 Å². The molecule has 0 bridgehead atoms. The summed E-state index contributed by atoms with van der Waals surface area (Å²) in [7, 11) is 2.90. The first-order chi connectivity index (χ1) is 9.10. The largest absolute Gasteiger partial charge is 0.476 e. The maximum absolute atomic E-state index is 11.6. The van der Waals surface area contributed by atoms with Crippen molar-refractivity contribution in [3.8, 4) is 11.8 Å². The van der Waals surface area contributed by atoms with Crippen molar-refractivity contribution in [1.29, 1.82) is 5.26 Å². The van der Waals surface area contributed by atoms with Gasteiger partial charge in [-0.05, 0) is 18.6 Å². The Morgan fingerprint density at radius 1 is 1.58 bits per heavy atom. The minimum Gasteiger partial charge on any atom is -0.476 e. The zero-order valence-electron chi connectivity index (χ0n) is 11.2. The van der Waals surface area contributed by atoms with Crippen molar-refractivity contribution in [2.75, 3.05) is 19.5 Å². The van der Waals surface area contributed by atoms with Crippen LogP contribution in [0.2, 0.25) is 0 Å². The zero-order valence-corrected chi connectivity index (χ0v) is 11.2. The van der Waals surface area contributed by atoms with Gasteiger partial charge in [0.15, 0.2) is 6.10 Å². The molecule has 0 aromatic heterocycles. The summed E-state index contributed by atoms with van der Waals surface area (Å²) in [6.07, 6.45) is 0.104. The number of amides is 2. The Bertz CT molecular complexity index is 470. The second-order valence-electron chi connectivity index (χ2n) is 3.78. The quantitative estimate of drug-likeness (QED) is 0.828. The molecule has 6 nitrogen and oxygen atoms in total. The van der Waals surface area contributed by atoms with Crippen molar-refractivity contribution in [3.05, 3.63) is 24.3 Å². The zero-order chi connectivity index (χ0) is 14.3. The summed E-state index contributed by atoms with van der Waals surface area (Å²) in [6.45, 7) is 1.87. The van der Waals surface area contributed by atoms with Crippen LogP contribution in [0.15, 0.2) is 24.3 Å². The molecule has 0 saturated heterocycles. The van der Waals surface area contributed by atoms with Crippen LogP contribution in [0, 0.1) is 11.3 Å². The summed E-state index contributed by atoms with van der Waals surface area (Å²) in [6, 6.07) is 8.50. The Kier molecular flexibility index (Phi) is 5.64. The summed E-state index contributed by atoms with van der Waals surface area (Å²) in [5.74, 6) is 0.534.